The quantitative estimate of drug-likeness (QED) is 0.899. The maximum atomic E-state index is 10.8. The SMILES string of the molecule is COc1cc(Cl)c(C)c(-c2cc(C(=O)O)on2)c1O. The number of carboxylic acid groups (broad SMARTS) is 1. The minimum Gasteiger partial charge on any atom is -0.504 e. The smallest absolute Gasteiger partial charge is 0.374 e. The molecule has 0 saturated carbocycles. The summed E-state index contributed by atoms with van der Waals surface area (Å²) in [5.74, 6) is -1.57. The molecule has 0 unspecified atom stereocenters. The molecular formula is C12H10ClNO5. The maximum Gasteiger partial charge on any atom is 0.374 e. The van der Waals surface area contributed by atoms with Crippen molar-refractivity contribution in [3.05, 3.63) is 28.5 Å². The van der Waals surface area contributed by atoms with Crippen molar-refractivity contribution in [2.45, 2.75) is 6.92 Å². The number of aromatic nitrogens is 1. The number of aromatic carboxylic acids is 1. The molecular weight excluding hydrogens is 274 g/mol. The summed E-state index contributed by atoms with van der Waals surface area (Å²) in [6, 6.07) is 2.67. The monoisotopic (exact) mass is 283 g/mol. The number of aromatic hydroxyl groups is 1. The Bertz CT molecular complexity index is 650. The molecule has 1 aromatic heterocycles. The molecule has 2 aromatic rings. The van der Waals surface area contributed by atoms with Crippen LogP contribution in [0.2, 0.25) is 5.02 Å². The Morgan fingerprint density at radius 1 is 1.47 bits per heavy atom. The number of benzene rings is 1. The average molecular weight is 284 g/mol. The summed E-state index contributed by atoms with van der Waals surface area (Å²) in [6.07, 6.45) is 0. The van der Waals surface area contributed by atoms with Crippen LogP contribution in [0.25, 0.3) is 11.3 Å². The van der Waals surface area contributed by atoms with Crippen LogP contribution >= 0.6 is 11.6 Å². The maximum absolute atomic E-state index is 10.8. The Morgan fingerprint density at radius 3 is 2.68 bits per heavy atom. The van der Waals surface area contributed by atoms with Crippen molar-refractivity contribution in [3.8, 4) is 22.8 Å². The fraction of sp³-hybridized carbons (Fsp3) is 0.167. The topological polar surface area (TPSA) is 92.8 Å². The first-order chi connectivity index (χ1) is 8.95. The van der Waals surface area contributed by atoms with Gasteiger partial charge in [0.05, 0.1) is 12.7 Å². The van der Waals surface area contributed by atoms with Crippen LogP contribution in [0.3, 0.4) is 0 Å². The van der Waals surface area contributed by atoms with Gasteiger partial charge in [-0.1, -0.05) is 16.8 Å². The zero-order valence-electron chi connectivity index (χ0n) is 10.1. The van der Waals surface area contributed by atoms with E-state index in [1.807, 2.05) is 0 Å². The fourth-order valence-electron chi connectivity index (χ4n) is 1.67. The van der Waals surface area contributed by atoms with Crippen LogP contribution < -0.4 is 4.74 Å². The lowest BCUT2D eigenvalue weighted by Gasteiger charge is -2.11. The molecule has 0 radical (unpaired) electrons. The molecule has 0 spiro atoms. The molecule has 2 rings (SSSR count). The molecule has 2 N–H and O–H groups in total. The molecule has 0 aliphatic heterocycles. The second-order valence-electron chi connectivity index (χ2n) is 3.79. The Balaban J connectivity index is 2.66. The van der Waals surface area contributed by atoms with Crippen LogP contribution in [0.15, 0.2) is 16.7 Å². The molecule has 100 valence electrons. The number of rotatable bonds is 3. The van der Waals surface area contributed by atoms with Crippen molar-refractivity contribution in [2.24, 2.45) is 0 Å². The zero-order chi connectivity index (χ0) is 14.2. The molecule has 1 heterocycles. The summed E-state index contributed by atoms with van der Waals surface area (Å²) in [5, 5.41) is 22.9. The molecule has 0 amide bonds. The first-order valence-electron chi connectivity index (χ1n) is 5.22. The van der Waals surface area contributed by atoms with Gasteiger partial charge in [-0.25, -0.2) is 4.79 Å². The van der Waals surface area contributed by atoms with E-state index in [1.54, 1.807) is 6.92 Å². The summed E-state index contributed by atoms with van der Waals surface area (Å²) in [6.45, 7) is 1.67. The van der Waals surface area contributed by atoms with Gasteiger partial charge in [-0.2, -0.15) is 0 Å². The van der Waals surface area contributed by atoms with E-state index < -0.39 is 5.97 Å². The third-order valence-corrected chi connectivity index (χ3v) is 3.05. The minimum absolute atomic E-state index is 0.172. The molecule has 0 saturated heterocycles. The first kappa shape index (κ1) is 13.2. The normalized spacial score (nSPS) is 10.5. The second-order valence-corrected chi connectivity index (χ2v) is 4.20. The van der Waals surface area contributed by atoms with Gasteiger partial charge < -0.3 is 19.5 Å². The number of hydrogen-bond acceptors (Lipinski definition) is 5. The van der Waals surface area contributed by atoms with Crippen LogP contribution in [0, 0.1) is 6.92 Å². The lowest BCUT2D eigenvalue weighted by Crippen LogP contribution is -1.92. The summed E-state index contributed by atoms with van der Waals surface area (Å²) in [4.78, 5) is 10.8. The predicted octanol–water partition coefficient (Wildman–Crippen LogP) is 2.72. The van der Waals surface area contributed by atoms with E-state index in [2.05, 4.69) is 9.68 Å². The zero-order valence-corrected chi connectivity index (χ0v) is 10.9. The summed E-state index contributed by atoms with van der Waals surface area (Å²) in [5.41, 5.74) is 0.999. The van der Waals surface area contributed by atoms with Crippen LogP contribution in [0.5, 0.6) is 11.5 Å². The van der Waals surface area contributed by atoms with E-state index in [0.29, 0.717) is 10.6 Å². The molecule has 19 heavy (non-hydrogen) atoms. The van der Waals surface area contributed by atoms with Gasteiger partial charge in [0, 0.05) is 17.2 Å². The summed E-state index contributed by atoms with van der Waals surface area (Å²) in [7, 11) is 1.38. The van der Waals surface area contributed by atoms with E-state index in [-0.39, 0.29) is 28.5 Å². The number of nitrogens with zero attached hydrogens (tertiary/aromatic N) is 1. The van der Waals surface area contributed by atoms with E-state index in [1.165, 1.54) is 19.2 Å². The number of carboxylic acids is 1. The van der Waals surface area contributed by atoms with Crippen LogP contribution in [-0.2, 0) is 0 Å². The van der Waals surface area contributed by atoms with E-state index in [0.717, 1.165) is 0 Å². The predicted molar refractivity (Wildman–Crippen MR) is 66.9 cm³/mol. The van der Waals surface area contributed by atoms with Gasteiger partial charge in [0.25, 0.3) is 0 Å². The van der Waals surface area contributed by atoms with Gasteiger partial charge in [0.1, 0.15) is 5.69 Å². The van der Waals surface area contributed by atoms with E-state index in [4.69, 9.17) is 21.4 Å². The highest BCUT2D eigenvalue weighted by Crippen LogP contribution is 2.42. The lowest BCUT2D eigenvalue weighted by atomic mass is 10.0. The third-order valence-electron chi connectivity index (χ3n) is 2.66. The molecule has 0 aliphatic carbocycles. The molecule has 0 aliphatic rings. The average Bonchev–Trinajstić information content (AvgIpc) is 2.83. The highest BCUT2D eigenvalue weighted by Gasteiger charge is 2.21. The van der Waals surface area contributed by atoms with Crippen molar-refractivity contribution < 1.29 is 24.3 Å². The highest BCUT2D eigenvalue weighted by molar-refractivity contribution is 6.32. The Labute approximate surface area is 113 Å². The minimum atomic E-state index is -1.25. The standard InChI is InChI=1S/C12H10ClNO5/c1-5-6(13)3-8(18-2)11(15)10(5)7-4-9(12(16)17)19-14-7/h3-4,15H,1-2H3,(H,16,17). The van der Waals surface area contributed by atoms with E-state index in [9.17, 15) is 9.90 Å². The molecule has 0 atom stereocenters. The van der Waals surface area contributed by atoms with Crippen LogP contribution in [0.1, 0.15) is 16.1 Å². The van der Waals surface area contributed by atoms with Gasteiger partial charge in [0.15, 0.2) is 11.5 Å². The molecule has 1 aromatic carbocycles. The number of methoxy groups -OCH3 is 1. The third kappa shape index (κ3) is 2.22. The van der Waals surface area contributed by atoms with Gasteiger partial charge in [-0.05, 0) is 12.5 Å². The Morgan fingerprint density at radius 2 is 2.16 bits per heavy atom. The van der Waals surface area contributed by atoms with Crippen molar-refractivity contribution in [1.29, 1.82) is 0 Å². The summed E-state index contributed by atoms with van der Waals surface area (Å²) < 4.78 is 9.65. The van der Waals surface area contributed by atoms with Crippen molar-refractivity contribution >= 4 is 17.6 Å². The largest absolute Gasteiger partial charge is 0.504 e. The van der Waals surface area contributed by atoms with Crippen LogP contribution in [-0.4, -0.2) is 28.4 Å². The van der Waals surface area contributed by atoms with Crippen LogP contribution in [0.4, 0.5) is 0 Å². The number of halogens is 1. The number of carbonyl (C=O) groups is 1. The second kappa shape index (κ2) is 4.81. The fourth-order valence-corrected chi connectivity index (χ4v) is 1.87. The Kier molecular flexibility index (Phi) is 3.35. The van der Waals surface area contributed by atoms with Crippen molar-refractivity contribution in [1.82, 2.24) is 5.16 Å². The lowest BCUT2D eigenvalue weighted by molar-refractivity contribution is 0.0652. The Hall–Kier alpha value is -2.21. The summed E-state index contributed by atoms with van der Waals surface area (Å²) >= 11 is 6.02. The molecule has 0 fully saturated rings. The number of hydrogen-bond donors (Lipinski definition) is 2. The van der Waals surface area contributed by atoms with Crippen molar-refractivity contribution in [3.63, 3.8) is 0 Å². The highest BCUT2D eigenvalue weighted by atomic mass is 35.5. The van der Waals surface area contributed by atoms with Gasteiger partial charge in [-0.15, -0.1) is 0 Å². The van der Waals surface area contributed by atoms with Gasteiger partial charge in [-0.3, -0.25) is 0 Å². The molecule has 0 bridgehead atoms. The number of ether oxygens (including phenoxy) is 1. The molecule has 7 heteroatoms. The number of phenols is 1. The van der Waals surface area contributed by atoms with Crippen molar-refractivity contribution in [2.75, 3.05) is 7.11 Å². The first-order valence-corrected chi connectivity index (χ1v) is 5.60. The number of phenolic OH excluding ortho intramolecular Hbond substituents is 1. The van der Waals surface area contributed by atoms with E-state index >= 15 is 0 Å². The van der Waals surface area contributed by atoms with Gasteiger partial charge in [0.2, 0.25) is 5.76 Å². The molecule has 6 nitrogen and oxygen atoms in total. The van der Waals surface area contributed by atoms with Gasteiger partial charge >= 0.3 is 5.97 Å².